The lowest BCUT2D eigenvalue weighted by Crippen LogP contribution is -2.02. The van der Waals surface area contributed by atoms with Crippen LogP contribution in [0, 0.1) is 11.8 Å². The molecule has 3 heteroatoms. The minimum Gasteiger partial charge on any atom is -0.456 e. The van der Waals surface area contributed by atoms with Crippen LogP contribution < -0.4 is 0 Å². The predicted molar refractivity (Wildman–Crippen MR) is 40.6 cm³/mol. The summed E-state index contributed by atoms with van der Waals surface area (Å²) in [5.74, 6) is 3.70. The molecule has 0 aromatic rings. The first kappa shape index (κ1) is 9.73. The van der Waals surface area contributed by atoms with Crippen molar-refractivity contribution < 1.29 is 14.6 Å². The summed E-state index contributed by atoms with van der Waals surface area (Å²) < 4.78 is 4.48. The second-order valence-electron chi connectivity index (χ2n) is 1.67. The van der Waals surface area contributed by atoms with E-state index < -0.39 is 12.1 Å². The van der Waals surface area contributed by atoms with Crippen LogP contribution in [0.4, 0.5) is 0 Å². The van der Waals surface area contributed by atoms with Gasteiger partial charge in [0.05, 0.1) is 6.61 Å². The number of hydrogen-bond donors (Lipinski definition) is 1. The summed E-state index contributed by atoms with van der Waals surface area (Å²) in [7, 11) is 0. The van der Waals surface area contributed by atoms with Crippen LogP contribution in [-0.4, -0.2) is 23.8 Å². The number of hydrogen-bond acceptors (Lipinski definition) is 3. The third-order valence-corrected chi connectivity index (χ3v) is 0.821. The zero-order valence-electron chi connectivity index (χ0n) is 6.33. The fourth-order valence-electron chi connectivity index (χ4n) is 0.359. The third kappa shape index (κ3) is 5.19. The normalized spacial score (nSPS) is 10.7. The summed E-state index contributed by atoms with van der Waals surface area (Å²) in [4.78, 5) is 10.5. The van der Waals surface area contributed by atoms with Crippen LogP contribution in [0.5, 0.6) is 0 Å². The molecule has 0 bridgehead atoms. The standard InChI is InChI=1S/C8H10O3/c1-3-7(9)5-6-8(10)11-4-2/h3,7,9H,1,4H2,2H3. The molecule has 0 aliphatic heterocycles. The Bertz CT molecular complexity index is 197. The number of rotatable bonds is 2. The minimum absolute atomic E-state index is 0.289. The van der Waals surface area contributed by atoms with E-state index in [1.807, 2.05) is 0 Å². The highest BCUT2D eigenvalue weighted by Gasteiger charge is 1.93. The quantitative estimate of drug-likeness (QED) is 0.265. The molecule has 11 heavy (non-hydrogen) atoms. The summed E-state index contributed by atoms with van der Waals surface area (Å²) in [5.41, 5.74) is 0. The van der Waals surface area contributed by atoms with Gasteiger partial charge in [-0.15, -0.1) is 0 Å². The van der Waals surface area contributed by atoms with Crippen molar-refractivity contribution in [1.82, 2.24) is 0 Å². The second kappa shape index (κ2) is 5.51. The average Bonchev–Trinajstić information content (AvgIpc) is 2.01. The molecule has 0 saturated carbocycles. The number of ether oxygens (including phenoxy) is 1. The number of esters is 1. The molecule has 0 rings (SSSR count). The van der Waals surface area contributed by atoms with E-state index in [4.69, 9.17) is 5.11 Å². The number of aliphatic hydroxyl groups excluding tert-OH is 1. The van der Waals surface area contributed by atoms with Crippen LogP contribution in [0.2, 0.25) is 0 Å². The topological polar surface area (TPSA) is 46.5 Å². The van der Waals surface area contributed by atoms with Gasteiger partial charge in [-0.2, -0.15) is 0 Å². The summed E-state index contributed by atoms with van der Waals surface area (Å²) in [5, 5.41) is 8.78. The molecular formula is C8H10O3. The van der Waals surface area contributed by atoms with Gasteiger partial charge in [-0.1, -0.05) is 18.6 Å². The SMILES string of the molecule is C=CC(O)C#CC(=O)OCC. The molecule has 0 aromatic heterocycles. The monoisotopic (exact) mass is 154 g/mol. The first-order valence-corrected chi connectivity index (χ1v) is 3.19. The molecule has 0 aliphatic carbocycles. The fourth-order valence-corrected chi connectivity index (χ4v) is 0.359. The van der Waals surface area contributed by atoms with E-state index in [0.29, 0.717) is 0 Å². The van der Waals surface area contributed by atoms with Gasteiger partial charge in [0.2, 0.25) is 0 Å². The lowest BCUT2D eigenvalue weighted by Gasteiger charge is -1.92. The molecule has 0 heterocycles. The zero-order chi connectivity index (χ0) is 8.69. The Morgan fingerprint density at radius 2 is 2.55 bits per heavy atom. The third-order valence-electron chi connectivity index (χ3n) is 0.821. The first-order chi connectivity index (χ1) is 5.20. The van der Waals surface area contributed by atoms with Gasteiger partial charge in [-0.05, 0) is 6.92 Å². The van der Waals surface area contributed by atoms with Crippen molar-refractivity contribution in [2.45, 2.75) is 13.0 Å². The van der Waals surface area contributed by atoms with E-state index in [1.54, 1.807) is 6.92 Å². The van der Waals surface area contributed by atoms with Crippen LogP contribution in [0.25, 0.3) is 0 Å². The number of carbonyl (C=O) groups excluding carboxylic acids is 1. The molecule has 1 unspecified atom stereocenters. The highest BCUT2D eigenvalue weighted by molar-refractivity contribution is 5.88. The van der Waals surface area contributed by atoms with Crippen molar-refractivity contribution in [3.05, 3.63) is 12.7 Å². The zero-order valence-corrected chi connectivity index (χ0v) is 6.33. The van der Waals surface area contributed by atoms with Crippen LogP contribution in [0.3, 0.4) is 0 Å². The summed E-state index contributed by atoms with van der Waals surface area (Å²) in [6.45, 7) is 5.25. The molecule has 60 valence electrons. The van der Waals surface area contributed by atoms with Gasteiger partial charge < -0.3 is 9.84 Å². The van der Waals surface area contributed by atoms with Crippen molar-refractivity contribution >= 4 is 5.97 Å². The van der Waals surface area contributed by atoms with Crippen molar-refractivity contribution in [3.8, 4) is 11.8 Å². The molecule has 0 radical (unpaired) electrons. The predicted octanol–water partition coefficient (Wildman–Crippen LogP) is 0.0998. The molecule has 0 fully saturated rings. The van der Waals surface area contributed by atoms with E-state index >= 15 is 0 Å². The van der Waals surface area contributed by atoms with Gasteiger partial charge in [-0.3, -0.25) is 0 Å². The van der Waals surface area contributed by atoms with Crippen molar-refractivity contribution in [1.29, 1.82) is 0 Å². The Kier molecular flexibility index (Phi) is 4.87. The van der Waals surface area contributed by atoms with Gasteiger partial charge in [-0.25, -0.2) is 4.79 Å². The van der Waals surface area contributed by atoms with E-state index in [-0.39, 0.29) is 6.61 Å². The molecule has 1 atom stereocenters. The van der Waals surface area contributed by atoms with Crippen molar-refractivity contribution in [2.24, 2.45) is 0 Å². The van der Waals surface area contributed by atoms with Crippen molar-refractivity contribution in [2.75, 3.05) is 6.61 Å². The van der Waals surface area contributed by atoms with Gasteiger partial charge in [0.15, 0.2) is 0 Å². The largest absolute Gasteiger partial charge is 0.456 e. The van der Waals surface area contributed by atoms with E-state index in [0.717, 1.165) is 0 Å². The van der Waals surface area contributed by atoms with Gasteiger partial charge in [0.1, 0.15) is 6.10 Å². The van der Waals surface area contributed by atoms with Gasteiger partial charge >= 0.3 is 5.97 Å². The van der Waals surface area contributed by atoms with E-state index in [1.165, 1.54) is 6.08 Å². The maximum absolute atomic E-state index is 10.5. The molecule has 0 spiro atoms. The van der Waals surface area contributed by atoms with Crippen LogP contribution in [0.15, 0.2) is 12.7 Å². The highest BCUT2D eigenvalue weighted by atomic mass is 16.5. The van der Waals surface area contributed by atoms with Gasteiger partial charge in [0.25, 0.3) is 0 Å². The maximum atomic E-state index is 10.5. The molecule has 0 aromatic carbocycles. The first-order valence-electron chi connectivity index (χ1n) is 3.19. The van der Waals surface area contributed by atoms with Crippen molar-refractivity contribution in [3.63, 3.8) is 0 Å². The number of aliphatic hydroxyl groups is 1. The molecule has 0 saturated heterocycles. The Balaban J connectivity index is 3.86. The second-order valence-corrected chi connectivity index (χ2v) is 1.67. The van der Waals surface area contributed by atoms with E-state index in [9.17, 15) is 4.79 Å². The Hall–Kier alpha value is -1.27. The average molecular weight is 154 g/mol. The highest BCUT2D eigenvalue weighted by Crippen LogP contribution is 1.80. The molecule has 1 N–H and O–H groups in total. The summed E-state index contributed by atoms with van der Waals surface area (Å²) >= 11 is 0. The molecule has 0 aliphatic rings. The van der Waals surface area contributed by atoms with Crippen LogP contribution >= 0.6 is 0 Å². The number of carbonyl (C=O) groups is 1. The lowest BCUT2D eigenvalue weighted by molar-refractivity contribution is -0.136. The molecule has 0 amide bonds. The summed E-state index contributed by atoms with van der Waals surface area (Å²) in [6, 6.07) is 0. The summed E-state index contributed by atoms with van der Waals surface area (Å²) in [6.07, 6.45) is 0.270. The Morgan fingerprint density at radius 3 is 3.00 bits per heavy atom. The lowest BCUT2D eigenvalue weighted by atomic mass is 10.3. The smallest absolute Gasteiger partial charge is 0.384 e. The molecular weight excluding hydrogens is 144 g/mol. The minimum atomic E-state index is -0.959. The van der Waals surface area contributed by atoms with Crippen LogP contribution in [0.1, 0.15) is 6.92 Å². The Morgan fingerprint density at radius 1 is 1.91 bits per heavy atom. The Labute approximate surface area is 65.7 Å². The maximum Gasteiger partial charge on any atom is 0.384 e. The van der Waals surface area contributed by atoms with E-state index in [2.05, 4.69) is 23.2 Å². The van der Waals surface area contributed by atoms with Gasteiger partial charge in [0, 0.05) is 5.92 Å². The fraction of sp³-hybridized carbons (Fsp3) is 0.375. The van der Waals surface area contributed by atoms with Crippen LogP contribution in [-0.2, 0) is 9.53 Å². The molecule has 3 nitrogen and oxygen atoms in total.